The highest BCUT2D eigenvalue weighted by Crippen LogP contribution is 2.52. The lowest BCUT2D eigenvalue weighted by atomic mass is 9.60. The molecule has 3 saturated carbocycles. The molecular formula is C24H28N2O4. The molecule has 2 aromatic rings. The second-order valence-electron chi connectivity index (χ2n) is 9.05. The number of furan rings is 1. The summed E-state index contributed by atoms with van der Waals surface area (Å²) >= 11 is 0. The van der Waals surface area contributed by atoms with Crippen molar-refractivity contribution in [2.24, 2.45) is 17.8 Å². The Hall–Kier alpha value is -2.76. The van der Waals surface area contributed by atoms with Crippen molar-refractivity contribution in [2.45, 2.75) is 57.2 Å². The smallest absolute Gasteiger partial charge is 0.258 e. The molecule has 3 fully saturated rings. The summed E-state index contributed by atoms with van der Waals surface area (Å²) in [5.74, 6) is 2.01. The average molecular weight is 408 g/mol. The Labute approximate surface area is 176 Å². The molecule has 1 aromatic carbocycles. The van der Waals surface area contributed by atoms with Crippen LogP contribution in [-0.2, 0) is 11.2 Å². The van der Waals surface area contributed by atoms with Gasteiger partial charge in [-0.1, -0.05) is 12.1 Å². The monoisotopic (exact) mass is 408 g/mol. The lowest BCUT2D eigenvalue weighted by Crippen LogP contribution is -2.67. The number of carbonyl (C=O) groups excluding carboxylic acids is 2. The average Bonchev–Trinajstić information content (AvgIpc) is 3.26. The number of carbonyl (C=O) groups is 2. The number of aryl methyl sites for hydroxylation is 1. The summed E-state index contributed by atoms with van der Waals surface area (Å²) in [6, 6.07) is 11.3. The predicted octanol–water partition coefficient (Wildman–Crippen LogP) is 3.67. The molecule has 158 valence electrons. The molecule has 1 aliphatic heterocycles. The first-order chi connectivity index (χ1) is 14.5. The molecule has 3 aliphatic carbocycles. The number of rotatable bonds is 5. The zero-order chi connectivity index (χ0) is 20.7. The summed E-state index contributed by atoms with van der Waals surface area (Å²) in [4.78, 5) is 25.7. The van der Waals surface area contributed by atoms with Crippen LogP contribution in [0.5, 0.6) is 5.75 Å². The molecule has 6 nitrogen and oxygen atoms in total. The molecule has 6 rings (SSSR count). The number of hydrogen-bond acceptors (Lipinski definition) is 4. The van der Waals surface area contributed by atoms with E-state index in [0.717, 1.165) is 37.9 Å². The largest absolute Gasteiger partial charge is 0.469 e. The highest BCUT2D eigenvalue weighted by atomic mass is 16.5. The highest BCUT2D eigenvalue weighted by Gasteiger charge is 2.57. The minimum absolute atomic E-state index is 0.0156. The van der Waals surface area contributed by atoms with E-state index < -0.39 is 5.72 Å². The quantitative estimate of drug-likeness (QED) is 0.791. The Morgan fingerprint density at radius 2 is 2.13 bits per heavy atom. The molecule has 2 bridgehead atoms. The maximum Gasteiger partial charge on any atom is 0.258 e. The molecule has 0 saturated heterocycles. The van der Waals surface area contributed by atoms with Crippen LogP contribution in [0.1, 0.15) is 55.1 Å². The molecule has 2 amide bonds. The first-order valence-electron chi connectivity index (χ1n) is 11.0. The van der Waals surface area contributed by atoms with Crippen molar-refractivity contribution in [3.05, 3.63) is 54.0 Å². The van der Waals surface area contributed by atoms with Crippen molar-refractivity contribution in [1.82, 2.24) is 10.6 Å². The van der Waals surface area contributed by atoms with Gasteiger partial charge in [-0.05, 0) is 62.8 Å². The first kappa shape index (κ1) is 19.2. The second kappa shape index (κ2) is 7.49. The van der Waals surface area contributed by atoms with Gasteiger partial charge >= 0.3 is 0 Å². The van der Waals surface area contributed by atoms with Gasteiger partial charge in [-0.15, -0.1) is 0 Å². The van der Waals surface area contributed by atoms with Crippen LogP contribution in [0.3, 0.4) is 0 Å². The summed E-state index contributed by atoms with van der Waals surface area (Å²) in [5.41, 5.74) is -0.0833. The predicted molar refractivity (Wildman–Crippen MR) is 111 cm³/mol. The summed E-state index contributed by atoms with van der Waals surface area (Å²) < 4.78 is 11.8. The molecular weight excluding hydrogens is 380 g/mol. The van der Waals surface area contributed by atoms with Crippen LogP contribution in [0, 0.1) is 17.8 Å². The molecule has 1 aromatic heterocycles. The van der Waals surface area contributed by atoms with Crippen molar-refractivity contribution in [3.8, 4) is 5.75 Å². The summed E-state index contributed by atoms with van der Waals surface area (Å²) in [6.07, 6.45) is 6.77. The normalized spacial score (nSPS) is 30.3. The topological polar surface area (TPSA) is 80.6 Å². The number of ether oxygens (including phenoxy) is 1. The molecule has 5 atom stereocenters. The molecule has 0 unspecified atom stereocenters. The van der Waals surface area contributed by atoms with Crippen LogP contribution < -0.4 is 15.4 Å². The summed E-state index contributed by atoms with van der Waals surface area (Å²) in [7, 11) is 0. The van der Waals surface area contributed by atoms with E-state index in [1.807, 2.05) is 37.3 Å². The van der Waals surface area contributed by atoms with Gasteiger partial charge in [0.15, 0.2) is 5.72 Å². The number of para-hydroxylation sites is 1. The SMILES string of the molecule is C[C@H](CCc1ccco1)NC(=O)[C@H]1C[C@H]2CC[C@H]1C[C@]21NC(=O)c2ccccc2O1. The zero-order valence-corrected chi connectivity index (χ0v) is 17.2. The van der Waals surface area contributed by atoms with Crippen molar-refractivity contribution >= 4 is 11.8 Å². The fourth-order valence-electron chi connectivity index (χ4n) is 5.52. The van der Waals surface area contributed by atoms with Crippen LogP contribution in [0.2, 0.25) is 0 Å². The fourth-order valence-corrected chi connectivity index (χ4v) is 5.52. The maximum absolute atomic E-state index is 13.0. The Kier molecular flexibility index (Phi) is 4.80. The van der Waals surface area contributed by atoms with E-state index in [-0.39, 0.29) is 35.6 Å². The highest BCUT2D eigenvalue weighted by molar-refractivity contribution is 5.98. The standard InChI is InChI=1S/C24H28N2O4/c1-15(8-11-18-5-4-12-29-18)25-22(27)20-13-17-10-9-16(20)14-24(17)26-23(28)19-6-2-3-7-21(19)30-24/h2-7,12,15-17,20H,8-11,13-14H2,1H3,(H,25,27)(H,26,28)/t15-,16+,17-,20+,24-/m1/s1. The Bertz CT molecular complexity index is 940. The second-order valence-corrected chi connectivity index (χ2v) is 9.05. The fraction of sp³-hybridized carbons (Fsp3) is 0.500. The molecule has 2 heterocycles. The maximum atomic E-state index is 13.0. The summed E-state index contributed by atoms with van der Waals surface area (Å²) in [6.45, 7) is 2.05. The number of nitrogens with one attached hydrogen (secondary N) is 2. The summed E-state index contributed by atoms with van der Waals surface area (Å²) in [5, 5.41) is 6.36. The lowest BCUT2D eigenvalue weighted by molar-refractivity contribution is -0.147. The molecule has 1 spiro atoms. The number of fused-ring (bicyclic) bond motifs is 3. The van der Waals surface area contributed by atoms with Gasteiger partial charge in [-0.2, -0.15) is 0 Å². The third-order valence-electron chi connectivity index (χ3n) is 7.10. The van der Waals surface area contributed by atoms with Crippen molar-refractivity contribution < 1.29 is 18.7 Å². The number of hydrogen-bond donors (Lipinski definition) is 2. The van der Waals surface area contributed by atoms with E-state index in [0.29, 0.717) is 17.7 Å². The van der Waals surface area contributed by atoms with Gasteiger partial charge in [0.1, 0.15) is 11.5 Å². The number of amides is 2. The third kappa shape index (κ3) is 3.38. The van der Waals surface area contributed by atoms with E-state index in [2.05, 4.69) is 10.6 Å². The van der Waals surface area contributed by atoms with Gasteiger partial charge in [0.25, 0.3) is 5.91 Å². The first-order valence-corrected chi connectivity index (χ1v) is 11.0. The van der Waals surface area contributed by atoms with Gasteiger partial charge in [-0.3, -0.25) is 9.59 Å². The van der Waals surface area contributed by atoms with Gasteiger partial charge in [-0.25, -0.2) is 0 Å². The van der Waals surface area contributed by atoms with E-state index in [1.165, 1.54) is 0 Å². The Morgan fingerprint density at radius 1 is 1.27 bits per heavy atom. The van der Waals surface area contributed by atoms with Crippen molar-refractivity contribution in [2.75, 3.05) is 0 Å². The van der Waals surface area contributed by atoms with Crippen LogP contribution in [0.15, 0.2) is 47.1 Å². The van der Waals surface area contributed by atoms with Gasteiger partial charge < -0.3 is 19.8 Å². The van der Waals surface area contributed by atoms with E-state index in [1.54, 1.807) is 12.3 Å². The van der Waals surface area contributed by atoms with Crippen LogP contribution in [-0.4, -0.2) is 23.6 Å². The Balaban J connectivity index is 1.23. The van der Waals surface area contributed by atoms with Crippen LogP contribution in [0.4, 0.5) is 0 Å². The van der Waals surface area contributed by atoms with E-state index in [9.17, 15) is 9.59 Å². The molecule has 6 heteroatoms. The lowest BCUT2D eigenvalue weighted by Gasteiger charge is -2.55. The minimum Gasteiger partial charge on any atom is -0.469 e. The Morgan fingerprint density at radius 3 is 2.90 bits per heavy atom. The number of benzene rings is 1. The third-order valence-corrected chi connectivity index (χ3v) is 7.10. The van der Waals surface area contributed by atoms with Crippen molar-refractivity contribution in [3.63, 3.8) is 0 Å². The minimum atomic E-state index is -0.671. The molecule has 2 N–H and O–H groups in total. The van der Waals surface area contributed by atoms with Gasteiger partial charge in [0, 0.05) is 30.7 Å². The van der Waals surface area contributed by atoms with Gasteiger partial charge in [0.2, 0.25) is 5.91 Å². The molecule has 4 aliphatic rings. The van der Waals surface area contributed by atoms with Crippen LogP contribution >= 0.6 is 0 Å². The van der Waals surface area contributed by atoms with Crippen molar-refractivity contribution in [1.29, 1.82) is 0 Å². The van der Waals surface area contributed by atoms with E-state index in [4.69, 9.17) is 9.15 Å². The zero-order valence-electron chi connectivity index (χ0n) is 17.2. The molecule has 30 heavy (non-hydrogen) atoms. The van der Waals surface area contributed by atoms with Crippen LogP contribution in [0.25, 0.3) is 0 Å². The molecule has 0 radical (unpaired) electrons. The van der Waals surface area contributed by atoms with Gasteiger partial charge in [0.05, 0.1) is 11.8 Å². The van der Waals surface area contributed by atoms with E-state index >= 15 is 0 Å².